The van der Waals surface area contributed by atoms with Crippen LogP contribution in [0.4, 0.5) is 35.1 Å². The van der Waals surface area contributed by atoms with Gasteiger partial charge >= 0.3 is 12.4 Å². The highest BCUT2D eigenvalue weighted by molar-refractivity contribution is 6.01. The third-order valence-corrected chi connectivity index (χ3v) is 24.3. The van der Waals surface area contributed by atoms with E-state index in [9.17, 15) is 45.5 Å². The number of carbonyl (C=O) groups excluding carboxylic acids is 12. The number of nitrogens with zero attached hydrogens (tertiary/aromatic N) is 8. The van der Waals surface area contributed by atoms with Crippen LogP contribution in [-0.2, 0) is 62.3 Å². The molecule has 7 aliphatic rings. The van der Waals surface area contributed by atoms with Gasteiger partial charge in [-0.2, -0.15) is 26.3 Å². The lowest BCUT2D eigenvalue weighted by Crippen LogP contribution is -2.71. The van der Waals surface area contributed by atoms with Crippen molar-refractivity contribution in [2.24, 2.45) is 46.8 Å². The van der Waals surface area contributed by atoms with Crippen molar-refractivity contribution in [3.05, 3.63) is 12.2 Å². The van der Waals surface area contributed by atoms with E-state index in [1.165, 1.54) is 59.7 Å². The van der Waals surface area contributed by atoms with Gasteiger partial charge in [0.2, 0.25) is 70.9 Å². The summed E-state index contributed by atoms with van der Waals surface area (Å²) in [5.74, 6) is -17.1. The summed E-state index contributed by atoms with van der Waals surface area (Å²) < 4.78 is 122. The topological polar surface area (TPSA) is 288 Å². The standard InChI is InChI=1S/C78H122F8N12O13/c1-15-46(7)64-68(104)87-40-62(101)93(13)55-26-20-19-23-33-97(72(55)108)58(37-47-27-30-50(31-28-47)77(81,82)83)71(107)92(12)42-60(99)88-54(32-29-48-35-52(79)63(53(80)36-48)78(84,85)86)69(105)98-41-51(111-18-4)38-57(98)67(103)90-76(43-75(8,9)44-76)74(110)94(14)65(49-24-21-22-25-49)73(109)96(17-3)59(70(106)91(10)11)39-61(100)95(16-2)56(34-45(5)6)66(102)89-64/h19-20,45-59,63-65H,15-18,21-44H2,1-14H3,(H,87,104)(H,88,99)(H,89,102)(H,90,103)/b20-19-/t46-,47?,48?,50?,51+,52?,53?,54-,55-,56-,57-,58-,59-,63?,64-,65-/m0/s1. The molecule has 3 aliphatic heterocycles. The Morgan fingerprint density at radius 2 is 1.30 bits per heavy atom. The molecule has 2 saturated heterocycles. The number of ether oxygens (including phenoxy) is 1. The summed E-state index contributed by atoms with van der Waals surface area (Å²) >= 11 is 0. The number of amides is 12. The van der Waals surface area contributed by atoms with E-state index in [1.54, 1.807) is 46.8 Å². The molecule has 0 aromatic rings. The maximum Gasteiger partial charge on any atom is 0.397 e. The van der Waals surface area contributed by atoms with E-state index in [-0.39, 0.29) is 116 Å². The molecule has 12 amide bonds. The van der Waals surface area contributed by atoms with Gasteiger partial charge in [0.1, 0.15) is 72.1 Å². The average molecular weight is 1590 g/mol. The molecule has 628 valence electrons. The Labute approximate surface area is 648 Å². The van der Waals surface area contributed by atoms with Gasteiger partial charge in [-0.1, -0.05) is 73.0 Å². The third-order valence-electron chi connectivity index (χ3n) is 24.3. The van der Waals surface area contributed by atoms with Crippen molar-refractivity contribution >= 4 is 70.9 Å². The highest BCUT2D eigenvalue weighted by Gasteiger charge is 2.60. The lowest BCUT2D eigenvalue weighted by atomic mass is 9.58. The zero-order valence-electron chi connectivity index (χ0n) is 67.3. The van der Waals surface area contributed by atoms with E-state index in [2.05, 4.69) is 21.3 Å². The van der Waals surface area contributed by atoms with Crippen LogP contribution in [0.5, 0.6) is 0 Å². The molecule has 0 aromatic carbocycles. The molecule has 3 heterocycles. The molecular formula is C78H122F8N12O13. The smallest absolute Gasteiger partial charge is 0.377 e. The lowest BCUT2D eigenvalue weighted by molar-refractivity contribution is -0.219. The monoisotopic (exact) mass is 1590 g/mol. The van der Waals surface area contributed by atoms with Gasteiger partial charge in [-0.25, -0.2) is 8.78 Å². The molecular weight excluding hydrogens is 1460 g/mol. The normalized spacial score (nSPS) is 31.8. The van der Waals surface area contributed by atoms with Gasteiger partial charge in [-0.3, -0.25) is 57.5 Å². The van der Waals surface area contributed by atoms with Gasteiger partial charge in [0, 0.05) is 74.4 Å². The molecule has 6 fully saturated rings. The number of likely N-dealkylation sites (N-methyl/N-ethyl adjacent to an activating group) is 6. The molecule has 0 aromatic heterocycles. The fourth-order valence-corrected chi connectivity index (χ4v) is 18.3. The highest BCUT2D eigenvalue weighted by Crippen LogP contribution is 2.50. The van der Waals surface area contributed by atoms with Crippen molar-refractivity contribution in [2.45, 2.75) is 282 Å². The van der Waals surface area contributed by atoms with Gasteiger partial charge in [0.25, 0.3) is 0 Å². The predicted octanol–water partition coefficient (Wildman–Crippen LogP) is 7.43. The van der Waals surface area contributed by atoms with Crippen LogP contribution < -0.4 is 21.3 Å². The number of halogens is 8. The molecule has 0 radical (unpaired) electrons. The largest absolute Gasteiger partial charge is 0.397 e. The SMILES string of the molecule is CCO[C@@H]1C[C@H]2C(=O)NC3(CC(C)(C)C3)C(=O)N(C)[C@@H](C3CCCC3)C(=O)N(CC)[C@H](C(=O)N(C)C)CC(=O)N(CC)[C@@H](CC(C)C)C(=O)N[C@@H]([C@@H](C)CC)C(=O)NCC(=O)N(C)[C@H]3C/C=C\CCN(C3=O)[C@@H](CC3CCC(C(F)(F)F)CC3)C(=O)N(C)CC(=O)N[C@@H](CCC3CC(F)C(C(F)(F)F)C(F)C3)C(=O)N2C1. The van der Waals surface area contributed by atoms with Crippen molar-refractivity contribution in [3.63, 3.8) is 0 Å². The van der Waals surface area contributed by atoms with Gasteiger partial charge < -0.3 is 65.2 Å². The number of alkyl halides is 8. The number of fused-ring (bicyclic) bond motifs is 3. The maximum atomic E-state index is 15.9. The Morgan fingerprint density at radius 3 is 1.85 bits per heavy atom. The first-order valence-electron chi connectivity index (χ1n) is 40.0. The van der Waals surface area contributed by atoms with E-state index >= 15 is 47.1 Å². The Balaban J connectivity index is 1.35. The number of hydrogen-bond acceptors (Lipinski definition) is 13. The van der Waals surface area contributed by atoms with E-state index in [0.717, 1.165) is 14.7 Å². The quantitative estimate of drug-likeness (QED) is 0.0918. The minimum atomic E-state index is -5.22. The minimum absolute atomic E-state index is 0.00749. The Kier molecular flexibility index (Phi) is 31.7. The summed E-state index contributed by atoms with van der Waals surface area (Å²) in [5, 5.41) is 11.1. The van der Waals surface area contributed by atoms with E-state index in [4.69, 9.17) is 4.74 Å². The minimum Gasteiger partial charge on any atom is -0.377 e. The van der Waals surface area contributed by atoms with Crippen LogP contribution in [0.3, 0.4) is 0 Å². The van der Waals surface area contributed by atoms with Crippen LogP contribution >= 0.6 is 0 Å². The summed E-state index contributed by atoms with van der Waals surface area (Å²) in [5.41, 5.74) is -2.38. The van der Waals surface area contributed by atoms with Crippen LogP contribution in [0.2, 0.25) is 0 Å². The van der Waals surface area contributed by atoms with Crippen LogP contribution in [0.25, 0.3) is 0 Å². The van der Waals surface area contributed by atoms with Crippen molar-refractivity contribution in [3.8, 4) is 0 Å². The molecule has 4 aliphatic carbocycles. The van der Waals surface area contributed by atoms with Gasteiger partial charge in [-0.05, 0) is 159 Å². The molecule has 4 N–H and O–H groups in total. The van der Waals surface area contributed by atoms with Crippen molar-refractivity contribution in [1.82, 2.24) is 60.5 Å². The lowest BCUT2D eigenvalue weighted by Gasteiger charge is -2.54. The second-order valence-corrected chi connectivity index (χ2v) is 33.7. The number of rotatable bonds is 15. The zero-order valence-corrected chi connectivity index (χ0v) is 67.3. The van der Waals surface area contributed by atoms with E-state index < -0.39 is 235 Å². The van der Waals surface area contributed by atoms with Crippen LogP contribution in [0, 0.1) is 46.8 Å². The second-order valence-electron chi connectivity index (χ2n) is 33.7. The van der Waals surface area contributed by atoms with Crippen molar-refractivity contribution in [1.29, 1.82) is 0 Å². The summed E-state index contributed by atoms with van der Waals surface area (Å²) in [7, 11) is 6.87. The van der Waals surface area contributed by atoms with E-state index in [0.29, 0.717) is 32.1 Å². The Hall–Kier alpha value is -7.22. The number of nitrogens with one attached hydrogen (secondary N) is 4. The van der Waals surface area contributed by atoms with E-state index in [1.807, 2.05) is 27.7 Å². The second kappa shape index (κ2) is 38.7. The predicted molar refractivity (Wildman–Crippen MR) is 395 cm³/mol. The number of hydrogen-bond donors (Lipinski definition) is 4. The van der Waals surface area contributed by atoms with Crippen LogP contribution in [0.15, 0.2) is 12.2 Å². The molecule has 12 atom stereocenters. The Bertz CT molecular complexity index is 3310. The molecule has 2 unspecified atom stereocenters. The summed E-state index contributed by atoms with van der Waals surface area (Å²) in [4.78, 5) is 192. The molecule has 7 rings (SSSR count). The van der Waals surface area contributed by atoms with Crippen molar-refractivity contribution < 1.29 is 97.4 Å². The van der Waals surface area contributed by atoms with Crippen molar-refractivity contribution in [2.75, 3.05) is 81.1 Å². The van der Waals surface area contributed by atoms with Gasteiger partial charge in [0.05, 0.1) is 31.5 Å². The third kappa shape index (κ3) is 22.4. The van der Waals surface area contributed by atoms with Gasteiger partial charge in [0.15, 0.2) is 0 Å². The average Bonchev–Trinajstić information content (AvgIpc) is 1.58. The molecule has 25 nitrogen and oxygen atoms in total. The molecule has 2 bridgehead atoms. The molecule has 1 spiro atoms. The summed E-state index contributed by atoms with van der Waals surface area (Å²) in [6, 6.07) is -11.4. The maximum absolute atomic E-state index is 15.9. The first-order valence-corrected chi connectivity index (χ1v) is 40.0. The van der Waals surface area contributed by atoms with Crippen LogP contribution in [-0.4, -0.2) is 276 Å². The summed E-state index contributed by atoms with van der Waals surface area (Å²) in [6.07, 6.45) is -13.8. The molecule has 111 heavy (non-hydrogen) atoms. The fourth-order valence-electron chi connectivity index (χ4n) is 18.3. The number of carbonyl (C=O) groups is 12. The summed E-state index contributed by atoms with van der Waals surface area (Å²) in [6.45, 7) is 13.6. The first-order chi connectivity index (χ1) is 51.9. The molecule has 33 heteroatoms. The van der Waals surface area contributed by atoms with Gasteiger partial charge in [-0.15, -0.1) is 0 Å². The van der Waals surface area contributed by atoms with Crippen LogP contribution in [0.1, 0.15) is 197 Å². The fraction of sp³-hybridized carbons (Fsp3) is 0.821. The Morgan fingerprint density at radius 1 is 0.676 bits per heavy atom. The highest BCUT2D eigenvalue weighted by atomic mass is 19.4. The molecule has 4 saturated carbocycles. The zero-order chi connectivity index (χ0) is 82.7. The first kappa shape index (κ1) is 91.0.